The van der Waals surface area contributed by atoms with Gasteiger partial charge in [-0.15, -0.1) is 0 Å². The van der Waals surface area contributed by atoms with Crippen LogP contribution in [-0.2, 0) is 9.47 Å². The van der Waals surface area contributed by atoms with Crippen molar-refractivity contribution >= 4 is 22.7 Å². The van der Waals surface area contributed by atoms with Crippen molar-refractivity contribution < 1.29 is 19.0 Å². The zero-order valence-electron chi connectivity index (χ0n) is 24.5. The number of rotatable bonds is 10. The number of morpholine rings is 1. The number of anilines is 1. The summed E-state index contributed by atoms with van der Waals surface area (Å²) in [7, 11) is 1.67. The summed E-state index contributed by atoms with van der Waals surface area (Å²) in [5, 5.41) is 4.53. The first kappa shape index (κ1) is 28.4. The monoisotopic (exact) mass is 577 g/mol. The Morgan fingerprint density at radius 3 is 2.42 bits per heavy atom. The van der Waals surface area contributed by atoms with Crippen molar-refractivity contribution in [3.8, 4) is 33.8 Å². The number of esters is 1. The number of fused-ring (bicyclic) bond motifs is 1. The van der Waals surface area contributed by atoms with Crippen LogP contribution in [0.3, 0.4) is 0 Å². The van der Waals surface area contributed by atoms with Crippen LogP contribution in [-0.4, -0.2) is 78.5 Å². The van der Waals surface area contributed by atoms with Gasteiger partial charge in [-0.25, -0.2) is 14.8 Å². The van der Waals surface area contributed by atoms with Gasteiger partial charge in [0.1, 0.15) is 23.7 Å². The standard InChI is InChI=1S/C34H35N5O4/c1-3-43-34(40)26-6-4-25(5-7-26)30-22-39(31-20-27(10-13-29(30)31)24-8-11-28(41-2)12-9-24)33-21-32(36-23-37-33)35-14-15-38-16-18-42-19-17-38/h4-13,20-23H,3,14-19H2,1-2H3,(H,35,36,37). The molecule has 1 aliphatic rings. The van der Waals surface area contributed by atoms with E-state index in [0.717, 1.165) is 89.9 Å². The average molecular weight is 578 g/mol. The van der Waals surface area contributed by atoms with Gasteiger partial charge in [0.25, 0.3) is 0 Å². The van der Waals surface area contributed by atoms with E-state index in [1.165, 1.54) is 0 Å². The Morgan fingerprint density at radius 2 is 1.67 bits per heavy atom. The van der Waals surface area contributed by atoms with Crippen LogP contribution in [0, 0.1) is 0 Å². The summed E-state index contributed by atoms with van der Waals surface area (Å²) in [6, 6.07) is 24.0. The van der Waals surface area contributed by atoms with Crippen LogP contribution in [0.2, 0.25) is 0 Å². The predicted octanol–water partition coefficient (Wildman–Crippen LogP) is 5.68. The second kappa shape index (κ2) is 13.1. The van der Waals surface area contributed by atoms with Crippen LogP contribution in [0.15, 0.2) is 85.3 Å². The number of carbonyl (C=O) groups is 1. The summed E-state index contributed by atoms with van der Waals surface area (Å²) in [4.78, 5) is 23.8. The lowest BCUT2D eigenvalue weighted by Gasteiger charge is -2.26. The van der Waals surface area contributed by atoms with Gasteiger partial charge in [0, 0.05) is 49.4 Å². The van der Waals surface area contributed by atoms with Gasteiger partial charge in [-0.05, 0) is 53.9 Å². The molecule has 1 fully saturated rings. The maximum Gasteiger partial charge on any atom is 0.338 e. The number of ether oxygens (including phenoxy) is 3. The maximum absolute atomic E-state index is 12.2. The highest BCUT2D eigenvalue weighted by Gasteiger charge is 2.16. The molecule has 0 amide bonds. The molecule has 5 aromatic rings. The van der Waals surface area contributed by atoms with Crippen LogP contribution >= 0.6 is 0 Å². The molecule has 1 saturated heterocycles. The van der Waals surface area contributed by atoms with E-state index in [1.54, 1.807) is 20.4 Å². The number of nitrogens with one attached hydrogen (secondary N) is 1. The molecule has 0 unspecified atom stereocenters. The van der Waals surface area contributed by atoms with Crippen LogP contribution in [0.25, 0.3) is 39.0 Å². The molecule has 220 valence electrons. The fourth-order valence-electron chi connectivity index (χ4n) is 5.35. The lowest BCUT2D eigenvalue weighted by Crippen LogP contribution is -2.39. The van der Waals surface area contributed by atoms with Crippen LogP contribution < -0.4 is 10.1 Å². The first-order valence-corrected chi connectivity index (χ1v) is 14.6. The SMILES string of the molecule is CCOC(=O)c1ccc(-c2cn(-c3cc(NCCN4CCOCC4)ncn3)c3cc(-c4ccc(OC)cc4)ccc23)cc1. The van der Waals surface area contributed by atoms with Crippen LogP contribution in [0.5, 0.6) is 5.75 Å². The number of methoxy groups -OCH3 is 1. The number of hydrogen-bond donors (Lipinski definition) is 1. The van der Waals surface area contributed by atoms with Gasteiger partial charge in [0.05, 0.1) is 38.0 Å². The van der Waals surface area contributed by atoms with Crippen molar-refractivity contribution in [2.24, 2.45) is 0 Å². The second-order valence-electron chi connectivity index (χ2n) is 10.3. The van der Waals surface area contributed by atoms with Crippen molar-refractivity contribution in [1.29, 1.82) is 0 Å². The Labute approximate surface area is 251 Å². The zero-order valence-corrected chi connectivity index (χ0v) is 24.5. The number of nitrogens with zero attached hydrogens (tertiary/aromatic N) is 4. The van der Waals surface area contributed by atoms with E-state index in [2.05, 4.69) is 61.3 Å². The van der Waals surface area contributed by atoms with E-state index in [4.69, 9.17) is 14.2 Å². The Balaban J connectivity index is 1.36. The predicted molar refractivity (Wildman–Crippen MR) is 168 cm³/mol. The summed E-state index contributed by atoms with van der Waals surface area (Å²) in [5.74, 6) is 2.02. The molecule has 9 nitrogen and oxygen atoms in total. The first-order chi connectivity index (χ1) is 21.1. The highest BCUT2D eigenvalue weighted by Crippen LogP contribution is 2.35. The van der Waals surface area contributed by atoms with Gasteiger partial charge >= 0.3 is 5.97 Å². The molecular weight excluding hydrogens is 542 g/mol. The highest BCUT2D eigenvalue weighted by molar-refractivity contribution is 5.99. The van der Waals surface area contributed by atoms with E-state index in [9.17, 15) is 4.79 Å². The molecule has 0 spiro atoms. The van der Waals surface area contributed by atoms with E-state index in [0.29, 0.717) is 12.2 Å². The summed E-state index contributed by atoms with van der Waals surface area (Å²) in [6.07, 6.45) is 3.70. The largest absolute Gasteiger partial charge is 0.497 e. The molecule has 3 heterocycles. The first-order valence-electron chi connectivity index (χ1n) is 14.6. The molecule has 0 bridgehead atoms. The highest BCUT2D eigenvalue weighted by atomic mass is 16.5. The summed E-state index contributed by atoms with van der Waals surface area (Å²) >= 11 is 0. The quantitative estimate of drug-likeness (QED) is 0.212. The molecule has 3 aromatic carbocycles. The molecule has 0 radical (unpaired) electrons. The average Bonchev–Trinajstić information content (AvgIpc) is 3.45. The topological polar surface area (TPSA) is 90.7 Å². The molecule has 6 rings (SSSR count). The van der Waals surface area contributed by atoms with Crippen molar-refractivity contribution in [2.75, 3.05) is 58.4 Å². The smallest absolute Gasteiger partial charge is 0.338 e. The van der Waals surface area contributed by atoms with E-state index < -0.39 is 0 Å². The fraction of sp³-hybridized carbons (Fsp3) is 0.265. The normalized spacial score (nSPS) is 13.6. The van der Waals surface area contributed by atoms with Gasteiger partial charge < -0.3 is 24.1 Å². The fourth-order valence-corrected chi connectivity index (χ4v) is 5.35. The number of aromatic nitrogens is 3. The molecule has 1 N–H and O–H groups in total. The molecular formula is C34H35N5O4. The van der Waals surface area contributed by atoms with Gasteiger partial charge in [-0.2, -0.15) is 0 Å². The third-order valence-corrected chi connectivity index (χ3v) is 7.67. The van der Waals surface area contributed by atoms with Crippen molar-refractivity contribution in [3.63, 3.8) is 0 Å². The minimum Gasteiger partial charge on any atom is -0.497 e. The molecule has 9 heteroatoms. The Hall–Kier alpha value is -4.73. The van der Waals surface area contributed by atoms with Crippen LogP contribution in [0.1, 0.15) is 17.3 Å². The third-order valence-electron chi connectivity index (χ3n) is 7.67. The number of hydrogen-bond acceptors (Lipinski definition) is 8. The zero-order chi connectivity index (χ0) is 29.6. The van der Waals surface area contributed by atoms with Gasteiger partial charge in [-0.3, -0.25) is 4.90 Å². The molecule has 0 aliphatic carbocycles. The summed E-state index contributed by atoms with van der Waals surface area (Å²) in [6.45, 7) is 7.32. The minimum absolute atomic E-state index is 0.324. The number of benzene rings is 3. The Morgan fingerprint density at radius 1 is 0.930 bits per heavy atom. The van der Waals surface area contributed by atoms with E-state index >= 15 is 0 Å². The number of carbonyl (C=O) groups excluding carboxylic acids is 1. The summed E-state index contributed by atoms with van der Waals surface area (Å²) in [5.41, 5.74) is 5.73. The lowest BCUT2D eigenvalue weighted by atomic mass is 10.00. The third kappa shape index (κ3) is 6.38. The van der Waals surface area contributed by atoms with Gasteiger partial charge in [0.2, 0.25) is 0 Å². The molecule has 0 atom stereocenters. The molecule has 2 aromatic heterocycles. The van der Waals surface area contributed by atoms with Crippen molar-refractivity contribution in [2.45, 2.75) is 6.92 Å². The van der Waals surface area contributed by atoms with E-state index in [-0.39, 0.29) is 5.97 Å². The van der Waals surface area contributed by atoms with Crippen molar-refractivity contribution in [3.05, 3.63) is 90.9 Å². The molecule has 1 aliphatic heterocycles. The Kier molecular flexibility index (Phi) is 8.62. The Bertz CT molecular complexity index is 1690. The van der Waals surface area contributed by atoms with E-state index in [1.807, 2.05) is 42.5 Å². The van der Waals surface area contributed by atoms with Gasteiger partial charge in [-0.1, -0.05) is 36.4 Å². The molecule has 0 saturated carbocycles. The van der Waals surface area contributed by atoms with Gasteiger partial charge in [0.15, 0.2) is 0 Å². The minimum atomic E-state index is -0.324. The summed E-state index contributed by atoms with van der Waals surface area (Å²) < 4.78 is 18.1. The molecule has 43 heavy (non-hydrogen) atoms. The van der Waals surface area contributed by atoms with Crippen molar-refractivity contribution in [1.82, 2.24) is 19.4 Å². The van der Waals surface area contributed by atoms with Crippen LogP contribution in [0.4, 0.5) is 5.82 Å². The second-order valence-corrected chi connectivity index (χ2v) is 10.3. The lowest BCUT2D eigenvalue weighted by molar-refractivity contribution is 0.0398. The maximum atomic E-state index is 12.2.